The van der Waals surface area contributed by atoms with Gasteiger partial charge in [-0.05, 0) is 20.3 Å². The molecule has 2 heterocycles. The van der Waals surface area contributed by atoms with Crippen LogP contribution in [0.2, 0.25) is 0 Å². The minimum atomic E-state index is 0.290. The predicted octanol–water partition coefficient (Wildman–Crippen LogP) is 2.03. The van der Waals surface area contributed by atoms with Gasteiger partial charge in [0.05, 0.1) is 5.01 Å². The van der Waals surface area contributed by atoms with E-state index in [2.05, 4.69) is 36.0 Å². The smallest absolute Gasteiger partial charge is 0.0897 e. The molecular weight excluding hydrogens is 218 g/mol. The number of piperazine rings is 1. The Kier molecular flexibility index (Phi) is 3.62. The van der Waals surface area contributed by atoms with Crippen LogP contribution in [0.5, 0.6) is 0 Å². The second-order valence-electron chi connectivity index (χ2n) is 4.90. The molecule has 4 heteroatoms. The van der Waals surface area contributed by atoms with Gasteiger partial charge in [0.15, 0.2) is 0 Å². The molecule has 1 aliphatic rings. The summed E-state index contributed by atoms with van der Waals surface area (Å²) < 4.78 is 0. The average Bonchev–Trinajstić information content (AvgIpc) is 2.64. The van der Waals surface area contributed by atoms with Crippen molar-refractivity contribution in [3.8, 4) is 0 Å². The monoisotopic (exact) mass is 239 g/mol. The summed E-state index contributed by atoms with van der Waals surface area (Å²) in [5, 5.41) is 4.78. The Morgan fingerprint density at radius 3 is 3.06 bits per heavy atom. The number of hydrogen-bond donors (Lipinski definition) is 1. The highest BCUT2D eigenvalue weighted by atomic mass is 32.1. The highest BCUT2D eigenvalue weighted by molar-refractivity contribution is 7.11. The lowest BCUT2D eigenvalue weighted by Crippen LogP contribution is -2.57. The van der Waals surface area contributed by atoms with Crippen molar-refractivity contribution in [1.29, 1.82) is 0 Å². The quantitative estimate of drug-likeness (QED) is 0.875. The van der Waals surface area contributed by atoms with Gasteiger partial charge in [-0.3, -0.25) is 4.90 Å². The second kappa shape index (κ2) is 4.82. The van der Waals surface area contributed by atoms with Gasteiger partial charge in [0, 0.05) is 42.8 Å². The van der Waals surface area contributed by atoms with Crippen LogP contribution in [0.25, 0.3) is 0 Å². The predicted molar refractivity (Wildman–Crippen MR) is 68.8 cm³/mol. The van der Waals surface area contributed by atoms with Crippen molar-refractivity contribution in [3.63, 3.8) is 0 Å². The lowest BCUT2D eigenvalue weighted by molar-refractivity contribution is 0.134. The Balaban J connectivity index is 1.95. The molecule has 1 N–H and O–H groups in total. The van der Waals surface area contributed by atoms with E-state index in [9.17, 15) is 0 Å². The molecule has 1 aromatic rings. The third kappa shape index (κ3) is 2.81. The van der Waals surface area contributed by atoms with E-state index in [1.807, 2.05) is 17.5 Å². The summed E-state index contributed by atoms with van der Waals surface area (Å²) in [6.07, 6.45) is 3.20. The minimum absolute atomic E-state index is 0.290. The van der Waals surface area contributed by atoms with Gasteiger partial charge in [0.1, 0.15) is 0 Å². The van der Waals surface area contributed by atoms with Crippen molar-refractivity contribution < 1.29 is 0 Å². The minimum Gasteiger partial charge on any atom is -0.309 e. The molecule has 16 heavy (non-hydrogen) atoms. The number of thiazole rings is 1. The first-order valence-electron chi connectivity index (χ1n) is 6.00. The van der Waals surface area contributed by atoms with Crippen LogP contribution in [-0.2, 0) is 6.54 Å². The molecule has 1 fully saturated rings. The van der Waals surface area contributed by atoms with Crippen LogP contribution in [0.3, 0.4) is 0 Å². The highest BCUT2D eigenvalue weighted by Crippen LogP contribution is 2.19. The molecule has 0 saturated carbocycles. The number of aromatic nitrogens is 1. The van der Waals surface area contributed by atoms with Crippen molar-refractivity contribution in [1.82, 2.24) is 15.2 Å². The van der Waals surface area contributed by atoms with E-state index in [4.69, 9.17) is 0 Å². The second-order valence-corrected chi connectivity index (χ2v) is 6.22. The first-order chi connectivity index (χ1) is 7.61. The van der Waals surface area contributed by atoms with Crippen LogP contribution in [0, 0.1) is 6.92 Å². The molecule has 0 amide bonds. The van der Waals surface area contributed by atoms with Crippen molar-refractivity contribution in [2.75, 3.05) is 19.6 Å². The Bertz CT molecular complexity index is 350. The number of hydrogen-bond acceptors (Lipinski definition) is 4. The summed E-state index contributed by atoms with van der Waals surface area (Å²) in [5.74, 6) is 0. The van der Waals surface area contributed by atoms with E-state index in [1.165, 1.54) is 16.3 Å². The van der Waals surface area contributed by atoms with Crippen LogP contribution < -0.4 is 5.32 Å². The molecule has 0 spiro atoms. The molecule has 0 aliphatic carbocycles. The van der Waals surface area contributed by atoms with Gasteiger partial charge in [-0.15, -0.1) is 11.3 Å². The van der Waals surface area contributed by atoms with Crippen molar-refractivity contribution in [2.24, 2.45) is 0 Å². The normalized spacial score (nSPS) is 27.2. The molecule has 1 atom stereocenters. The molecule has 3 nitrogen and oxygen atoms in total. The number of aryl methyl sites for hydroxylation is 1. The molecule has 1 aromatic heterocycles. The van der Waals surface area contributed by atoms with Crippen molar-refractivity contribution >= 4 is 11.3 Å². The SMILES string of the molecule is CCC1(C)CN(Cc2cnc(C)s2)CCN1. The summed E-state index contributed by atoms with van der Waals surface area (Å²) in [4.78, 5) is 8.24. The fourth-order valence-electron chi connectivity index (χ4n) is 2.21. The molecule has 1 saturated heterocycles. The largest absolute Gasteiger partial charge is 0.309 e. The van der Waals surface area contributed by atoms with Gasteiger partial charge in [-0.25, -0.2) is 4.98 Å². The van der Waals surface area contributed by atoms with Crippen LogP contribution >= 0.6 is 11.3 Å². The summed E-state index contributed by atoms with van der Waals surface area (Å²) in [6, 6.07) is 0. The van der Waals surface area contributed by atoms with Crippen LogP contribution in [-0.4, -0.2) is 35.1 Å². The van der Waals surface area contributed by atoms with Crippen LogP contribution in [0.1, 0.15) is 30.2 Å². The van der Waals surface area contributed by atoms with E-state index in [-0.39, 0.29) is 5.54 Å². The zero-order valence-corrected chi connectivity index (χ0v) is 11.2. The van der Waals surface area contributed by atoms with E-state index in [0.29, 0.717) is 0 Å². The van der Waals surface area contributed by atoms with Crippen molar-refractivity contribution in [2.45, 2.75) is 39.3 Å². The average molecular weight is 239 g/mol. The van der Waals surface area contributed by atoms with E-state index in [0.717, 1.165) is 26.2 Å². The van der Waals surface area contributed by atoms with Gasteiger partial charge in [-0.1, -0.05) is 6.92 Å². The fourth-order valence-corrected chi connectivity index (χ4v) is 3.05. The summed E-state index contributed by atoms with van der Waals surface area (Å²) in [6.45, 7) is 11.1. The van der Waals surface area contributed by atoms with E-state index < -0.39 is 0 Å². The molecule has 1 aliphatic heterocycles. The topological polar surface area (TPSA) is 28.2 Å². The van der Waals surface area contributed by atoms with Crippen LogP contribution in [0.15, 0.2) is 6.20 Å². The molecule has 1 unspecified atom stereocenters. The third-order valence-electron chi connectivity index (χ3n) is 3.38. The Morgan fingerprint density at radius 2 is 2.44 bits per heavy atom. The van der Waals surface area contributed by atoms with Crippen molar-refractivity contribution in [3.05, 3.63) is 16.1 Å². The lowest BCUT2D eigenvalue weighted by Gasteiger charge is -2.40. The lowest BCUT2D eigenvalue weighted by atomic mass is 9.96. The Labute approximate surface area is 102 Å². The molecule has 0 aromatic carbocycles. The van der Waals surface area contributed by atoms with Gasteiger partial charge >= 0.3 is 0 Å². The summed E-state index contributed by atoms with van der Waals surface area (Å²) in [5.41, 5.74) is 0.290. The Morgan fingerprint density at radius 1 is 1.62 bits per heavy atom. The van der Waals surface area contributed by atoms with Gasteiger partial charge in [0.25, 0.3) is 0 Å². The molecule has 2 rings (SSSR count). The molecule has 0 radical (unpaired) electrons. The maximum atomic E-state index is 4.31. The molecule has 90 valence electrons. The maximum absolute atomic E-state index is 4.31. The van der Waals surface area contributed by atoms with Gasteiger partial charge in [-0.2, -0.15) is 0 Å². The number of nitrogens with one attached hydrogen (secondary N) is 1. The summed E-state index contributed by atoms with van der Waals surface area (Å²) in [7, 11) is 0. The summed E-state index contributed by atoms with van der Waals surface area (Å²) >= 11 is 1.82. The Hall–Kier alpha value is -0.450. The standard InChI is InChI=1S/C12H21N3S/c1-4-12(3)9-15(6-5-14-12)8-11-7-13-10(2)16-11/h7,14H,4-6,8-9H2,1-3H3. The highest BCUT2D eigenvalue weighted by Gasteiger charge is 2.28. The van der Waals surface area contributed by atoms with Gasteiger partial charge in [0.2, 0.25) is 0 Å². The van der Waals surface area contributed by atoms with E-state index >= 15 is 0 Å². The maximum Gasteiger partial charge on any atom is 0.0897 e. The zero-order valence-electron chi connectivity index (χ0n) is 10.4. The first kappa shape index (κ1) is 12.0. The fraction of sp³-hybridized carbons (Fsp3) is 0.750. The molecular formula is C12H21N3S. The van der Waals surface area contributed by atoms with Gasteiger partial charge < -0.3 is 5.32 Å². The number of nitrogens with zero attached hydrogens (tertiary/aromatic N) is 2. The third-order valence-corrected chi connectivity index (χ3v) is 4.28. The van der Waals surface area contributed by atoms with Crippen LogP contribution in [0.4, 0.5) is 0 Å². The zero-order chi connectivity index (χ0) is 11.6. The number of rotatable bonds is 3. The molecule has 0 bridgehead atoms. The van der Waals surface area contributed by atoms with E-state index in [1.54, 1.807) is 0 Å². The first-order valence-corrected chi connectivity index (χ1v) is 6.82.